The molecule has 0 bridgehead atoms. The number of hydrogen-bond acceptors (Lipinski definition) is 3. The first-order valence-electron chi connectivity index (χ1n) is 6.65. The Labute approximate surface area is 128 Å². The molecular formula is C14H19ClF2N2O2. The summed E-state index contributed by atoms with van der Waals surface area (Å²) in [6.07, 6.45) is -0.201. The Morgan fingerprint density at radius 3 is 2.81 bits per heavy atom. The third-order valence-corrected chi connectivity index (χ3v) is 3.49. The number of benzene rings is 1. The van der Waals surface area contributed by atoms with Crippen molar-refractivity contribution in [2.45, 2.75) is 18.9 Å². The van der Waals surface area contributed by atoms with Crippen LogP contribution in [0.5, 0.6) is 0 Å². The van der Waals surface area contributed by atoms with Gasteiger partial charge < -0.3 is 15.7 Å². The summed E-state index contributed by atoms with van der Waals surface area (Å²) >= 11 is 0. The molecule has 2 unspecified atom stereocenters. The van der Waals surface area contributed by atoms with Gasteiger partial charge in [0.25, 0.3) is 0 Å². The molecule has 2 atom stereocenters. The van der Waals surface area contributed by atoms with Crippen molar-refractivity contribution < 1.29 is 18.7 Å². The molecule has 1 aliphatic heterocycles. The molecule has 0 saturated carbocycles. The maximum Gasteiger partial charge on any atom is 0.220 e. The molecule has 21 heavy (non-hydrogen) atoms. The van der Waals surface area contributed by atoms with Crippen molar-refractivity contribution in [3.05, 3.63) is 35.4 Å². The minimum absolute atomic E-state index is 0. The molecule has 1 fully saturated rings. The van der Waals surface area contributed by atoms with Crippen LogP contribution < -0.4 is 10.6 Å². The average Bonchev–Trinajstić information content (AvgIpc) is 2.83. The first-order chi connectivity index (χ1) is 9.56. The number of hydrogen-bond donors (Lipinski definition) is 3. The summed E-state index contributed by atoms with van der Waals surface area (Å²) in [5.74, 6) is -1.24. The third-order valence-electron chi connectivity index (χ3n) is 3.49. The molecule has 1 heterocycles. The standard InChI is InChI=1S/C14H18F2N2O2.ClH/c15-11-2-3-12(16)9(5-11)1-4-14(20)18-7-10-6-17-8-13(10)19;/h2-3,5,10,13,17,19H,1,4,6-8H2,(H,18,20);1H. The van der Waals surface area contributed by atoms with E-state index in [2.05, 4.69) is 10.6 Å². The van der Waals surface area contributed by atoms with Crippen molar-refractivity contribution in [1.29, 1.82) is 0 Å². The van der Waals surface area contributed by atoms with Gasteiger partial charge in [-0.3, -0.25) is 4.79 Å². The summed E-state index contributed by atoms with van der Waals surface area (Å²) in [4.78, 5) is 11.6. The van der Waals surface area contributed by atoms with Gasteiger partial charge in [0, 0.05) is 32.0 Å². The number of carbonyl (C=O) groups excluding carboxylic acids is 1. The van der Waals surface area contributed by atoms with Crippen molar-refractivity contribution in [1.82, 2.24) is 10.6 Å². The highest BCUT2D eigenvalue weighted by atomic mass is 35.5. The Morgan fingerprint density at radius 2 is 2.14 bits per heavy atom. The number of β-amino-alcohol motifs (C(OH)–C–C–N with tert-alkyl or cyclic N) is 1. The lowest BCUT2D eigenvalue weighted by Crippen LogP contribution is -2.34. The summed E-state index contributed by atoms with van der Waals surface area (Å²) in [5.41, 5.74) is 0.197. The van der Waals surface area contributed by atoms with E-state index in [9.17, 15) is 18.7 Å². The van der Waals surface area contributed by atoms with Gasteiger partial charge in [0.1, 0.15) is 11.6 Å². The lowest BCUT2D eigenvalue weighted by Gasteiger charge is -2.14. The van der Waals surface area contributed by atoms with Crippen LogP contribution in [-0.4, -0.2) is 36.8 Å². The molecule has 118 valence electrons. The summed E-state index contributed by atoms with van der Waals surface area (Å²) in [6, 6.07) is 3.21. The van der Waals surface area contributed by atoms with E-state index in [4.69, 9.17) is 0 Å². The van der Waals surface area contributed by atoms with Crippen LogP contribution in [0.1, 0.15) is 12.0 Å². The molecule has 1 saturated heterocycles. The van der Waals surface area contributed by atoms with Crippen LogP contribution in [0.25, 0.3) is 0 Å². The Hall–Kier alpha value is -1.24. The molecule has 0 radical (unpaired) electrons. The fourth-order valence-electron chi connectivity index (χ4n) is 2.24. The Kier molecular flexibility index (Phi) is 7.01. The molecule has 1 aliphatic rings. The molecule has 1 amide bonds. The van der Waals surface area contributed by atoms with Crippen LogP contribution >= 0.6 is 12.4 Å². The molecule has 7 heteroatoms. The van der Waals surface area contributed by atoms with Gasteiger partial charge in [-0.1, -0.05) is 0 Å². The van der Waals surface area contributed by atoms with Crippen LogP contribution in [0.4, 0.5) is 8.78 Å². The van der Waals surface area contributed by atoms with E-state index in [-0.39, 0.29) is 42.6 Å². The summed E-state index contributed by atoms with van der Waals surface area (Å²) in [7, 11) is 0. The number of halogens is 3. The van der Waals surface area contributed by atoms with Gasteiger partial charge in [-0.2, -0.15) is 0 Å². The topological polar surface area (TPSA) is 61.4 Å². The van der Waals surface area contributed by atoms with Crippen LogP contribution in [0.3, 0.4) is 0 Å². The molecule has 1 aromatic rings. The lowest BCUT2D eigenvalue weighted by atomic mass is 10.1. The first kappa shape index (κ1) is 17.8. The zero-order valence-electron chi connectivity index (χ0n) is 11.4. The normalized spacial score (nSPS) is 20.9. The molecular weight excluding hydrogens is 302 g/mol. The zero-order valence-corrected chi connectivity index (χ0v) is 12.3. The number of rotatable bonds is 5. The molecule has 0 spiro atoms. The number of aliphatic hydroxyl groups excluding tert-OH is 1. The van der Waals surface area contributed by atoms with Crippen molar-refractivity contribution in [2.75, 3.05) is 19.6 Å². The number of amides is 1. The lowest BCUT2D eigenvalue weighted by molar-refractivity contribution is -0.121. The van der Waals surface area contributed by atoms with Crippen molar-refractivity contribution in [3.8, 4) is 0 Å². The number of aryl methyl sites for hydroxylation is 1. The minimum Gasteiger partial charge on any atom is -0.391 e. The van der Waals surface area contributed by atoms with Crippen molar-refractivity contribution in [2.24, 2.45) is 5.92 Å². The van der Waals surface area contributed by atoms with Crippen LogP contribution in [0.15, 0.2) is 18.2 Å². The van der Waals surface area contributed by atoms with Gasteiger partial charge in [-0.25, -0.2) is 8.78 Å². The Bertz CT molecular complexity index is 488. The minimum atomic E-state index is -0.512. The van der Waals surface area contributed by atoms with Gasteiger partial charge >= 0.3 is 0 Å². The number of aliphatic hydroxyl groups is 1. The second kappa shape index (κ2) is 8.26. The van der Waals surface area contributed by atoms with Crippen LogP contribution in [-0.2, 0) is 11.2 Å². The van der Waals surface area contributed by atoms with E-state index in [1.807, 2.05) is 0 Å². The van der Waals surface area contributed by atoms with Gasteiger partial charge in [0.15, 0.2) is 0 Å². The molecule has 0 aromatic heterocycles. The highest BCUT2D eigenvalue weighted by Gasteiger charge is 2.24. The highest BCUT2D eigenvalue weighted by molar-refractivity contribution is 5.85. The number of carbonyl (C=O) groups is 1. The molecule has 0 aliphatic carbocycles. The van der Waals surface area contributed by atoms with Crippen molar-refractivity contribution >= 4 is 18.3 Å². The average molecular weight is 321 g/mol. The van der Waals surface area contributed by atoms with E-state index < -0.39 is 17.7 Å². The largest absolute Gasteiger partial charge is 0.391 e. The van der Waals surface area contributed by atoms with Crippen molar-refractivity contribution in [3.63, 3.8) is 0 Å². The van der Waals surface area contributed by atoms with E-state index in [0.717, 1.165) is 18.2 Å². The zero-order chi connectivity index (χ0) is 14.5. The molecule has 4 nitrogen and oxygen atoms in total. The second-order valence-electron chi connectivity index (χ2n) is 5.03. The molecule has 1 aromatic carbocycles. The van der Waals surface area contributed by atoms with Gasteiger partial charge in [0.05, 0.1) is 6.10 Å². The summed E-state index contributed by atoms with van der Waals surface area (Å²) in [6.45, 7) is 1.59. The molecule has 2 rings (SSSR count). The van der Waals surface area contributed by atoms with E-state index in [1.165, 1.54) is 0 Å². The highest BCUT2D eigenvalue weighted by Crippen LogP contribution is 2.12. The van der Waals surface area contributed by atoms with E-state index in [0.29, 0.717) is 19.6 Å². The summed E-state index contributed by atoms with van der Waals surface area (Å²) in [5, 5.41) is 15.3. The fraction of sp³-hybridized carbons (Fsp3) is 0.500. The quantitative estimate of drug-likeness (QED) is 0.759. The smallest absolute Gasteiger partial charge is 0.220 e. The third kappa shape index (κ3) is 5.22. The van der Waals surface area contributed by atoms with Crippen LogP contribution in [0.2, 0.25) is 0 Å². The first-order valence-corrected chi connectivity index (χ1v) is 6.65. The van der Waals surface area contributed by atoms with Gasteiger partial charge in [0.2, 0.25) is 5.91 Å². The second-order valence-corrected chi connectivity index (χ2v) is 5.03. The van der Waals surface area contributed by atoms with Gasteiger partial charge in [-0.15, -0.1) is 12.4 Å². The predicted molar refractivity (Wildman–Crippen MR) is 77.3 cm³/mol. The monoisotopic (exact) mass is 320 g/mol. The van der Waals surface area contributed by atoms with Crippen LogP contribution in [0, 0.1) is 17.6 Å². The SMILES string of the molecule is Cl.O=C(CCc1cc(F)ccc1F)NCC1CNCC1O. The van der Waals surface area contributed by atoms with E-state index in [1.54, 1.807) is 0 Å². The Morgan fingerprint density at radius 1 is 1.38 bits per heavy atom. The fourth-order valence-corrected chi connectivity index (χ4v) is 2.24. The number of nitrogens with one attached hydrogen (secondary N) is 2. The maximum atomic E-state index is 13.4. The maximum absolute atomic E-state index is 13.4. The molecule has 3 N–H and O–H groups in total. The predicted octanol–water partition coefficient (Wildman–Crippen LogP) is 1.02. The van der Waals surface area contributed by atoms with E-state index >= 15 is 0 Å². The van der Waals surface area contributed by atoms with Gasteiger partial charge in [-0.05, 0) is 30.2 Å². The Balaban J connectivity index is 0.00000220. The summed E-state index contributed by atoms with van der Waals surface area (Å²) < 4.78 is 26.3.